The number of aryl methyl sites for hydroxylation is 1. The predicted octanol–water partition coefficient (Wildman–Crippen LogP) is 1.34. The van der Waals surface area contributed by atoms with Crippen LogP contribution in [0, 0.1) is 6.92 Å². The molecule has 1 aromatic heterocycles. The second-order valence-electron chi connectivity index (χ2n) is 4.62. The molecule has 0 saturated carbocycles. The molecule has 0 aliphatic carbocycles. The van der Waals surface area contributed by atoms with E-state index in [0.29, 0.717) is 24.8 Å². The number of rotatable bonds is 5. The van der Waals surface area contributed by atoms with Gasteiger partial charge in [0.25, 0.3) is 0 Å². The zero-order valence-electron chi connectivity index (χ0n) is 10.7. The van der Waals surface area contributed by atoms with Gasteiger partial charge in [0.2, 0.25) is 5.89 Å². The predicted molar refractivity (Wildman–Crippen MR) is 68.7 cm³/mol. The zero-order valence-corrected chi connectivity index (χ0v) is 10.7. The first-order valence-electron chi connectivity index (χ1n) is 5.92. The van der Waals surface area contributed by atoms with Crippen LogP contribution in [0.4, 0.5) is 0 Å². The van der Waals surface area contributed by atoms with Gasteiger partial charge in [0.05, 0.1) is 12.1 Å². The first-order valence-corrected chi connectivity index (χ1v) is 5.92. The standard InChI is InChI=1S/C13H18N4O/c1-10-16-12(18-17-10)8-15-9-13(2,14)11-6-4-3-5-7-11/h3-7,15H,8-9,14H2,1-2H3. The van der Waals surface area contributed by atoms with E-state index in [-0.39, 0.29) is 0 Å². The average Bonchev–Trinajstić information content (AvgIpc) is 2.76. The minimum absolute atomic E-state index is 0.420. The van der Waals surface area contributed by atoms with Crippen molar-refractivity contribution in [1.29, 1.82) is 0 Å². The molecule has 18 heavy (non-hydrogen) atoms. The summed E-state index contributed by atoms with van der Waals surface area (Å²) in [5.74, 6) is 1.22. The summed E-state index contributed by atoms with van der Waals surface area (Å²) in [6.45, 7) is 4.96. The third kappa shape index (κ3) is 3.15. The summed E-state index contributed by atoms with van der Waals surface area (Å²) in [6.07, 6.45) is 0. The van der Waals surface area contributed by atoms with Crippen molar-refractivity contribution in [3.8, 4) is 0 Å². The molecule has 2 rings (SSSR count). The number of hydrogen-bond donors (Lipinski definition) is 2. The van der Waals surface area contributed by atoms with E-state index < -0.39 is 5.54 Å². The fourth-order valence-corrected chi connectivity index (χ4v) is 1.76. The quantitative estimate of drug-likeness (QED) is 0.832. The highest BCUT2D eigenvalue weighted by atomic mass is 16.5. The van der Waals surface area contributed by atoms with Gasteiger partial charge in [-0.2, -0.15) is 4.98 Å². The Kier molecular flexibility index (Phi) is 3.74. The highest BCUT2D eigenvalue weighted by Crippen LogP contribution is 2.16. The number of benzene rings is 1. The van der Waals surface area contributed by atoms with Crippen LogP contribution in [0.2, 0.25) is 0 Å². The topological polar surface area (TPSA) is 77.0 Å². The van der Waals surface area contributed by atoms with Crippen molar-refractivity contribution >= 4 is 0 Å². The molecule has 3 N–H and O–H groups in total. The van der Waals surface area contributed by atoms with Gasteiger partial charge >= 0.3 is 0 Å². The molecule has 2 aromatic rings. The number of aromatic nitrogens is 2. The minimum atomic E-state index is -0.420. The maximum absolute atomic E-state index is 6.28. The summed E-state index contributed by atoms with van der Waals surface area (Å²) < 4.78 is 5.02. The molecule has 0 radical (unpaired) electrons. The molecule has 1 unspecified atom stereocenters. The van der Waals surface area contributed by atoms with Crippen molar-refractivity contribution in [1.82, 2.24) is 15.5 Å². The van der Waals surface area contributed by atoms with Crippen molar-refractivity contribution in [2.75, 3.05) is 6.54 Å². The van der Waals surface area contributed by atoms with E-state index in [1.54, 1.807) is 6.92 Å². The lowest BCUT2D eigenvalue weighted by Crippen LogP contribution is -2.43. The Labute approximate surface area is 106 Å². The summed E-state index contributed by atoms with van der Waals surface area (Å²) in [4.78, 5) is 4.12. The maximum Gasteiger partial charge on any atom is 0.240 e. The number of nitrogens with one attached hydrogen (secondary N) is 1. The van der Waals surface area contributed by atoms with Crippen LogP contribution in [0.5, 0.6) is 0 Å². The van der Waals surface area contributed by atoms with Gasteiger partial charge in [0.15, 0.2) is 5.82 Å². The van der Waals surface area contributed by atoms with Gasteiger partial charge in [0, 0.05) is 6.54 Å². The lowest BCUT2D eigenvalue weighted by atomic mass is 9.93. The van der Waals surface area contributed by atoms with Crippen LogP contribution in [0.1, 0.15) is 24.2 Å². The van der Waals surface area contributed by atoms with E-state index in [0.717, 1.165) is 5.56 Å². The summed E-state index contributed by atoms with van der Waals surface area (Å²) in [6, 6.07) is 10.0. The fourth-order valence-electron chi connectivity index (χ4n) is 1.76. The Bertz CT molecular complexity index is 493. The lowest BCUT2D eigenvalue weighted by Gasteiger charge is -2.25. The maximum atomic E-state index is 6.28. The van der Waals surface area contributed by atoms with Crippen molar-refractivity contribution in [3.05, 3.63) is 47.6 Å². The van der Waals surface area contributed by atoms with Crippen LogP contribution in [0.3, 0.4) is 0 Å². The van der Waals surface area contributed by atoms with Crippen LogP contribution < -0.4 is 11.1 Å². The number of nitrogens with two attached hydrogens (primary N) is 1. The third-order valence-corrected chi connectivity index (χ3v) is 2.77. The van der Waals surface area contributed by atoms with Crippen LogP contribution in [-0.4, -0.2) is 16.7 Å². The van der Waals surface area contributed by atoms with Gasteiger partial charge in [-0.3, -0.25) is 0 Å². The van der Waals surface area contributed by atoms with Crippen molar-refractivity contribution in [2.24, 2.45) is 5.73 Å². The Balaban J connectivity index is 1.89. The Morgan fingerprint density at radius 2 is 2.06 bits per heavy atom. The molecule has 0 spiro atoms. The summed E-state index contributed by atoms with van der Waals surface area (Å²) >= 11 is 0. The van der Waals surface area contributed by atoms with Crippen molar-refractivity contribution in [3.63, 3.8) is 0 Å². The highest BCUT2D eigenvalue weighted by Gasteiger charge is 2.20. The summed E-state index contributed by atoms with van der Waals surface area (Å²) in [5.41, 5.74) is 6.95. The van der Waals surface area contributed by atoms with Gasteiger partial charge in [-0.05, 0) is 19.4 Å². The molecule has 0 aliphatic rings. The van der Waals surface area contributed by atoms with E-state index in [2.05, 4.69) is 15.5 Å². The summed E-state index contributed by atoms with van der Waals surface area (Å²) in [7, 11) is 0. The molecule has 0 amide bonds. The average molecular weight is 246 g/mol. The Hall–Kier alpha value is -1.72. The second kappa shape index (κ2) is 5.29. The molecule has 5 nitrogen and oxygen atoms in total. The van der Waals surface area contributed by atoms with E-state index in [1.807, 2.05) is 37.3 Å². The Morgan fingerprint density at radius 1 is 1.33 bits per heavy atom. The lowest BCUT2D eigenvalue weighted by molar-refractivity contribution is 0.352. The first kappa shape index (κ1) is 12.7. The van der Waals surface area contributed by atoms with Gasteiger partial charge < -0.3 is 15.6 Å². The molecule has 0 saturated heterocycles. The largest absolute Gasteiger partial charge is 0.338 e. The molecule has 1 aromatic carbocycles. The third-order valence-electron chi connectivity index (χ3n) is 2.77. The number of nitrogens with zero attached hydrogens (tertiary/aromatic N) is 2. The molecular formula is C13H18N4O. The molecule has 0 aliphatic heterocycles. The molecule has 1 atom stereocenters. The molecular weight excluding hydrogens is 228 g/mol. The van der Waals surface area contributed by atoms with Crippen LogP contribution in [-0.2, 0) is 12.1 Å². The van der Waals surface area contributed by atoms with E-state index in [4.69, 9.17) is 10.3 Å². The molecule has 1 heterocycles. The van der Waals surface area contributed by atoms with Crippen LogP contribution in [0.15, 0.2) is 34.9 Å². The van der Waals surface area contributed by atoms with Crippen LogP contribution >= 0.6 is 0 Å². The van der Waals surface area contributed by atoms with Gasteiger partial charge in [0.1, 0.15) is 0 Å². The SMILES string of the molecule is Cc1noc(CNCC(C)(N)c2ccccc2)n1. The van der Waals surface area contributed by atoms with Crippen LogP contribution in [0.25, 0.3) is 0 Å². The van der Waals surface area contributed by atoms with Gasteiger partial charge in [-0.25, -0.2) is 0 Å². The molecule has 5 heteroatoms. The first-order chi connectivity index (χ1) is 8.58. The monoisotopic (exact) mass is 246 g/mol. The fraction of sp³-hybridized carbons (Fsp3) is 0.385. The molecule has 0 bridgehead atoms. The molecule has 0 fully saturated rings. The van der Waals surface area contributed by atoms with E-state index in [1.165, 1.54) is 0 Å². The normalized spacial score (nSPS) is 14.4. The van der Waals surface area contributed by atoms with Gasteiger partial charge in [-0.1, -0.05) is 35.5 Å². The zero-order chi connectivity index (χ0) is 13.0. The Morgan fingerprint density at radius 3 is 2.67 bits per heavy atom. The minimum Gasteiger partial charge on any atom is -0.338 e. The van der Waals surface area contributed by atoms with E-state index >= 15 is 0 Å². The highest BCUT2D eigenvalue weighted by molar-refractivity contribution is 5.23. The smallest absolute Gasteiger partial charge is 0.240 e. The van der Waals surface area contributed by atoms with Crippen molar-refractivity contribution < 1.29 is 4.52 Å². The number of hydrogen-bond acceptors (Lipinski definition) is 5. The van der Waals surface area contributed by atoms with Crippen molar-refractivity contribution in [2.45, 2.75) is 25.9 Å². The van der Waals surface area contributed by atoms with E-state index in [9.17, 15) is 0 Å². The molecule has 96 valence electrons. The second-order valence-corrected chi connectivity index (χ2v) is 4.62. The van der Waals surface area contributed by atoms with Gasteiger partial charge in [-0.15, -0.1) is 0 Å². The summed E-state index contributed by atoms with van der Waals surface area (Å²) in [5, 5.41) is 6.97.